The van der Waals surface area contributed by atoms with E-state index in [-0.39, 0.29) is 37.8 Å². The Morgan fingerprint density at radius 1 is 0.909 bits per heavy atom. The van der Waals surface area contributed by atoms with Crippen molar-refractivity contribution in [2.24, 2.45) is 46.3 Å². The van der Waals surface area contributed by atoms with Crippen LogP contribution in [0.15, 0.2) is 0 Å². The van der Waals surface area contributed by atoms with Crippen LogP contribution in [0.3, 0.4) is 0 Å². The van der Waals surface area contributed by atoms with Crippen LogP contribution in [-0.4, -0.2) is 53.6 Å². The molecule has 8 rings (SSSR count). The van der Waals surface area contributed by atoms with E-state index >= 15 is 0 Å². The van der Waals surface area contributed by atoms with E-state index in [1.165, 1.54) is 6.42 Å². The van der Waals surface area contributed by atoms with Gasteiger partial charge in [-0.2, -0.15) is 0 Å². The van der Waals surface area contributed by atoms with E-state index in [0.29, 0.717) is 30.6 Å². The van der Waals surface area contributed by atoms with Gasteiger partial charge in [0.25, 0.3) is 0 Å². The number of carbonyl (C=O) groups is 4. The van der Waals surface area contributed by atoms with Crippen LogP contribution >= 0.6 is 0 Å². The highest BCUT2D eigenvalue weighted by molar-refractivity contribution is 5.85. The molecule has 6 saturated carbocycles. The van der Waals surface area contributed by atoms with Crippen molar-refractivity contribution in [1.29, 1.82) is 0 Å². The zero-order valence-electron chi connectivity index (χ0n) is 27.1. The van der Waals surface area contributed by atoms with Gasteiger partial charge < -0.3 is 23.7 Å². The number of ether oxygens (including phenoxy) is 5. The molecule has 44 heavy (non-hydrogen) atoms. The predicted octanol–water partition coefficient (Wildman–Crippen LogP) is 5.65. The van der Waals surface area contributed by atoms with Gasteiger partial charge in [0.05, 0.1) is 17.3 Å². The number of hydrogen-bond donors (Lipinski definition) is 0. The van der Waals surface area contributed by atoms with Crippen LogP contribution in [-0.2, 0) is 42.9 Å². The molecule has 0 amide bonds. The highest BCUT2D eigenvalue weighted by Gasteiger charge is 2.67. The van der Waals surface area contributed by atoms with Gasteiger partial charge in [0.15, 0.2) is 5.60 Å². The van der Waals surface area contributed by atoms with Crippen molar-refractivity contribution in [3.63, 3.8) is 0 Å². The van der Waals surface area contributed by atoms with Crippen LogP contribution in [0.4, 0.5) is 0 Å². The van der Waals surface area contributed by atoms with Gasteiger partial charge in [0, 0.05) is 18.8 Å². The third-order valence-electron chi connectivity index (χ3n) is 13.0. The fourth-order valence-electron chi connectivity index (χ4n) is 10.9. The Bertz CT molecular complexity index is 1210. The van der Waals surface area contributed by atoms with Crippen molar-refractivity contribution in [3.8, 4) is 0 Å². The fraction of sp³-hybridized carbons (Fsp3) is 0.886. The minimum atomic E-state index is -1.31. The first kappa shape index (κ1) is 30.5. The molecular formula is C35H50O9. The number of rotatable bonds is 9. The second-order valence-corrected chi connectivity index (χ2v) is 16.8. The molecule has 2 saturated heterocycles. The fourth-order valence-corrected chi connectivity index (χ4v) is 10.9. The highest BCUT2D eigenvalue weighted by atomic mass is 16.8. The SMILES string of the molecule is CCC1(CC(C)(CC(C)(C)C(=O)OC2COC(=O)C2)C(=O)OC2(C)C3CC4CC(C3)CC2C4)OC2(CC3CCC2C3)OC1=O. The van der Waals surface area contributed by atoms with E-state index in [0.717, 1.165) is 56.8 Å². The monoisotopic (exact) mass is 614 g/mol. The molecule has 8 aliphatic rings. The van der Waals surface area contributed by atoms with Crippen LogP contribution < -0.4 is 0 Å². The van der Waals surface area contributed by atoms with Gasteiger partial charge in [-0.3, -0.25) is 14.4 Å². The highest BCUT2D eigenvalue weighted by Crippen LogP contribution is 2.62. The summed E-state index contributed by atoms with van der Waals surface area (Å²) in [7, 11) is 0. The number of esters is 4. The average molecular weight is 615 g/mol. The Morgan fingerprint density at radius 3 is 2.11 bits per heavy atom. The first-order valence-electron chi connectivity index (χ1n) is 17.2. The molecule has 6 bridgehead atoms. The van der Waals surface area contributed by atoms with Crippen molar-refractivity contribution in [3.05, 3.63) is 0 Å². The van der Waals surface area contributed by atoms with Crippen molar-refractivity contribution >= 4 is 23.9 Å². The summed E-state index contributed by atoms with van der Waals surface area (Å²) in [6, 6.07) is 0. The molecule has 0 N–H and O–H groups in total. The smallest absolute Gasteiger partial charge is 0.341 e. The molecule has 9 heteroatoms. The van der Waals surface area contributed by atoms with Crippen LogP contribution in [0.1, 0.15) is 118 Å². The van der Waals surface area contributed by atoms with Crippen LogP contribution in [0.5, 0.6) is 0 Å². The van der Waals surface area contributed by atoms with Gasteiger partial charge in [-0.1, -0.05) is 6.92 Å². The molecule has 6 aliphatic carbocycles. The zero-order valence-corrected chi connectivity index (χ0v) is 27.1. The molecule has 9 nitrogen and oxygen atoms in total. The van der Waals surface area contributed by atoms with E-state index in [4.69, 9.17) is 23.7 Å². The lowest BCUT2D eigenvalue weighted by atomic mass is 9.50. The lowest BCUT2D eigenvalue weighted by Gasteiger charge is -2.59. The summed E-state index contributed by atoms with van der Waals surface area (Å²) in [5.74, 6) is 0.159. The normalized spacial score (nSPS) is 45.0. The van der Waals surface area contributed by atoms with E-state index < -0.39 is 51.8 Å². The Morgan fingerprint density at radius 2 is 1.57 bits per heavy atom. The van der Waals surface area contributed by atoms with Gasteiger partial charge in [0.1, 0.15) is 18.3 Å². The molecule has 6 atom stereocenters. The Kier molecular flexibility index (Phi) is 7.05. The van der Waals surface area contributed by atoms with E-state index in [1.54, 1.807) is 13.8 Å². The average Bonchev–Trinajstić information content (AvgIpc) is 3.71. The summed E-state index contributed by atoms with van der Waals surface area (Å²) in [5.41, 5.74) is -4.25. The summed E-state index contributed by atoms with van der Waals surface area (Å²) in [6.07, 6.45) is 9.35. The molecule has 0 radical (unpaired) electrons. The minimum absolute atomic E-state index is 0.0210. The van der Waals surface area contributed by atoms with E-state index in [2.05, 4.69) is 6.92 Å². The van der Waals surface area contributed by atoms with Crippen LogP contribution in [0.2, 0.25) is 0 Å². The Balaban J connectivity index is 1.17. The summed E-state index contributed by atoms with van der Waals surface area (Å²) >= 11 is 0. The molecule has 244 valence electrons. The third kappa shape index (κ3) is 4.80. The molecule has 0 aromatic rings. The number of carbonyl (C=O) groups excluding carboxylic acids is 4. The first-order chi connectivity index (χ1) is 20.7. The lowest BCUT2D eigenvalue weighted by Crippen LogP contribution is -2.59. The van der Waals surface area contributed by atoms with Crippen molar-refractivity contribution in [2.45, 2.75) is 141 Å². The molecule has 8 fully saturated rings. The summed E-state index contributed by atoms with van der Waals surface area (Å²) < 4.78 is 30.3. The van der Waals surface area contributed by atoms with Gasteiger partial charge in [-0.25, -0.2) is 4.79 Å². The van der Waals surface area contributed by atoms with Crippen molar-refractivity contribution in [1.82, 2.24) is 0 Å². The molecule has 0 aromatic heterocycles. The maximum atomic E-state index is 14.7. The second kappa shape index (κ2) is 10.2. The molecule has 1 spiro atoms. The predicted molar refractivity (Wildman–Crippen MR) is 156 cm³/mol. The zero-order chi connectivity index (χ0) is 31.3. The van der Waals surface area contributed by atoms with E-state index in [1.807, 2.05) is 13.8 Å². The topological polar surface area (TPSA) is 114 Å². The Labute approximate surface area is 260 Å². The third-order valence-corrected chi connectivity index (χ3v) is 13.0. The largest absolute Gasteiger partial charge is 0.462 e. The molecule has 6 unspecified atom stereocenters. The second-order valence-electron chi connectivity index (χ2n) is 16.8. The van der Waals surface area contributed by atoms with Gasteiger partial charge in [-0.05, 0) is 121 Å². The van der Waals surface area contributed by atoms with Crippen molar-refractivity contribution < 1.29 is 42.9 Å². The van der Waals surface area contributed by atoms with Gasteiger partial charge in [0.2, 0.25) is 5.79 Å². The number of fused-ring (bicyclic) bond motifs is 3. The summed E-state index contributed by atoms with van der Waals surface area (Å²) in [5, 5.41) is 0. The van der Waals surface area contributed by atoms with Crippen molar-refractivity contribution in [2.75, 3.05) is 6.61 Å². The maximum absolute atomic E-state index is 14.7. The quantitative estimate of drug-likeness (QED) is 0.240. The number of cyclic esters (lactones) is 1. The number of hydrogen-bond acceptors (Lipinski definition) is 9. The minimum Gasteiger partial charge on any atom is -0.462 e. The standard InChI is InChI=1S/C35H50O9/c1-6-34(30(39)43-35(44-34)16-20-7-8-23(35)10-20)19-32(4,18-31(2,3)28(37)41-26-15-27(36)40-17-26)29(38)42-33(5)24-11-21-9-22(13-24)14-25(33)12-21/h20-26H,6-19H2,1-5H3. The lowest BCUT2D eigenvalue weighted by molar-refractivity contribution is -0.230. The maximum Gasteiger partial charge on any atom is 0.341 e. The van der Waals surface area contributed by atoms with Crippen LogP contribution in [0.25, 0.3) is 0 Å². The Hall–Kier alpha value is -2.16. The van der Waals surface area contributed by atoms with Gasteiger partial charge >= 0.3 is 23.9 Å². The van der Waals surface area contributed by atoms with Gasteiger partial charge in [-0.15, -0.1) is 0 Å². The summed E-state index contributed by atoms with van der Waals surface area (Å²) in [4.78, 5) is 53.7. The molecule has 2 heterocycles. The molecule has 0 aromatic carbocycles. The van der Waals surface area contributed by atoms with Crippen LogP contribution in [0, 0.1) is 46.3 Å². The molecule has 2 aliphatic heterocycles. The van der Waals surface area contributed by atoms with E-state index in [9.17, 15) is 19.2 Å². The summed E-state index contributed by atoms with van der Waals surface area (Å²) in [6.45, 7) is 9.40. The first-order valence-corrected chi connectivity index (χ1v) is 17.2. The molecular weight excluding hydrogens is 564 g/mol.